The molecule has 0 radical (unpaired) electrons. The average Bonchev–Trinajstić information content (AvgIpc) is 2.55. The number of carbonyl (C=O) groups is 1. The number of carboxylic acids is 1. The number of aromatic carboxylic acids is 1. The number of hydrogen-bond donors (Lipinski definition) is 2. The second-order valence-electron chi connectivity index (χ2n) is 4.92. The minimum atomic E-state index is -1.14. The summed E-state index contributed by atoms with van der Waals surface area (Å²) in [4.78, 5) is 11.5. The van der Waals surface area contributed by atoms with Crippen molar-refractivity contribution in [3.8, 4) is 28.0 Å². The summed E-state index contributed by atoms with van der Waals surface area (Å²) in [6.45, 7) is 0. The number of carboxylic acid groups (broad SMARTS) is 1. The average molecular weight is 290 g/mol. The van der Waals surface area contributed by atoms with E-state index in [0.717, 1.165) is 16.7 Å². The van der Waals surface area contributed by atoms with E-state index in [2.05, 4.69) is 0 Å². The summed E-state index contributed by atoms with van der Waals surface area (Å²) in [6.07, 6.45) is 0. The van der Waals surface area contributed by atoms with Crippen LogP contribution in [0.5, 0.6) is 5.75 Å². The smallest absolute Gasteiger partial charge is 0.340 e. The third-order valence-corrected chi connectivity index (χ3v) is 3.56. The van der Waals surface area contributed by atoms with Gasteiger partial charge in [0.2, 0.25) is 0 Å². The maximum absolute atomic E-state index is 11.5. The Morgan fingerprint density at radius 2 is 1.27 bits per heavy atom. The van der Waals surface area contributed by atoms with Gasteiger partial charge in [0, 0.05) is 5.56 Å². The van der Waals surface area contributed by atoms with Crippen LogP contribution in [-0.4, -0.2) is 16.2 Å². The topological polar surface area (TPSA) is 57.5 Å². The lowest BCUT2D eigenvalue weighted by Crippen LogP contribution is -2.00. The van der Waals surface area contributed by atoms with Crippen molar-refractivity contribution in [3.63, 3.8) is 0 Å². The molecule has 0 aliphatic rings. The number of aromatic hydroxyl groups is 1. The molecule has 3 rings (SSSR count). The zero-order chi connectivity index (χ0) is 15.5. The molecule has 0 amide bonds. The van der Waals surface area contributed by atoms with Crippen LogP contribution in [0.2, 0.25) is 0 Å². The van der Waals surface area contributed by atoms with Crippen LogP contribution in [-0.2, 0) is 0 Å². The van der Waals surface area contributed by atoms with Gasteiger partial charge < -0.3 is 10.2 Å². The highest BCUT2D eigenvalue weighted by Gasteiger charge is 2.18. The third-order valence-electron chi connectivity index (χ3n) is 3.56. The summed E-state index contributed by atoms with van der Waals surface area (Å²) >= 11 is 0. The maximum atomic E-state index is 11.5. The van der Waals surface area contributed by atoms with Crippen molar-refractivity contribution >= 4 is 5.97 Å². The van der Waals surface area contributed by atoms with Crippen LogP contribution in [0.1, 0.15) is 10.4 Å². The second kappa shape index (κ2) is 5.74. The summed E-state index contributed by atoms with van der Waals surface area (Å²) in [5.41, 5.74) is 3.13. The van der Waals surface area contributed by atoms with Crippen LogP contribution in [0.25, 0.3) is 22.3 Å². The first-order valence-corrected chi connectivity index (χ1v) is 6.88. The summed E-state index contributed by atoms with van der Waals surface area (Å²) in [5.74, 6) is -1.37. The van der Waals surface area contributed by atoms with Gasteiger partial charge in [0.05, 0.1) is 0 Å². The molecule has 108 valence electrons. The van der Waals surface area contributed by atoms with E-state index in [1.165, 1.54) is 6.07 Å². The molecular formula is C19H14O3. The molecule has 3 aromatic carbocycles. The van der Waals surface area contributed by atoms with Crippen molar-refractivity contribution in [2.24, 2.45) is 0 Å². The van der Waals surface area contributed by atoms with Crippen molar-refractivity contribution in [1.29, 1.82) is 0 Å². The Balaban J connectivity index is 2.28. The van der Waals surface area contributed by atoms with Crippen molar-refractivity contribution in [3.05, 3.63) is 78.4 Å². The fourth-order valence-corrected chi connectivity index (χ4v) is 2.58. The standard InChI is InChI=1S/C19H14O3/c20-17-12-6-11-16(18(17)19(21)22)15-10-5-4-9-14(15)13-7-2-1-3-8-13/h1-12,20H,(H,21,22). The molecule has 0 aromatic heterocycles. The quantitative estimate of drug-likeness (QED) is 0.750. The van der Waals surface area contributed by atoms with E-state index in [1.807, 2.05) is 54.6 Å². The molecule has 0 bridgehead atoms. The molecule has 0 fully saturated rings. The highest BCUT2D eigenvalue weighted by Crippen LogP contribution is 2.36. The SMILES string of the molecule is O=C(O)c1c(O)cccc1-c1ccccc1-c1ccccc1. The van der Waals surface area contributed by atoms with Gasteiger partial charge in [0.15, 0.2) is 0 Å². The van der Waals surface area contributed by atoms with Crippen molar-refractivity contribution < 1.29 is 15.0 Å². The van der Waals surface area contributed by atoms with E-state index in [9.17, 15) is 15.0 Å². The van der Waals surface area contributed by atoms with E-state index in [-0.39, 0.29) is 11.3 Å². The molecule has 0 unspecified atom stereocenters. The zero-order valence-electron chi connectivity index (χ0n) is 11.7. The lowest BCUT2D eigenvalue weighted by atomic mass is 9.91. The van der Waals surface area contributed by atoms with Gasteiger partial charge in [-0.25, -0.2) is 4.79 Å². The van der Waals surface area contributed by atoms with Gasteiger partial charge in [-0.1, -0.05) is 66.7 Å². The summed E-state index contributed by atoms with van der Waals surface area (Å²) in [5, 5.41) is 19.3. The highest BCUT2D eigenvalue weighted by molar-refractivity contribution is 6.01. The van der Waals surface area contributed by atoms with Crippen LogP contribution in [0.4, 0.5) is 0 Å². The summed E-state index contributed by atoms with van der Waals surface area (Å²) in [6, 6.07) is 22.1. The van der Waals surface area contributed by atoms with Crippen LogP contribution in [0, 0.1) is 0 Å². The number of phenols is 1. The Hall–Kier alpha value is -3.07. The first kappa shape index (κ1) is 13.9. The van der Waals surface area contributed by atoms with E-state index in [4.69, 9.17) is 0 Å². The summed E-state index contributed by atoms with van der Waals surface area (Å²) < 4.78 is 0. The molecule has 3 heteroatoms. The lowest BCUT2D eigenvalue weighted by molar-refractivity contribution is 0.0694. The Labute approximate surface area is 128 Å². The van der Waals surface area contributed by atoms with Crippen LogP contribution in [0.3, 0.4) is 0 Å². The van der Waals surface area contributed by atoms with E-state index in [1.54, 1.807) is 12.1 Å². The van der Waals surface area contributed by atoms with Gasteiger partial charge in [-0.05, 0) is 22.8 Å². The Morgan fingerprint density at radius 1 is 0.682 bits per heavy atom. The molecule has 0 spiro atoms. The summed E-state index contributed by atoms with van der Waals surface area (Å²) in [7, 11) is 0. The van der Waals surface area contributed by atoms with E-state index < -0.39 is 5.97 Å². The first-order chi connectivity index (χ1) is 10.7. The minimum Gasteiger partial charge on any atom is -0.507 e. The van der Waals surface area contributed by atoms with Crippen molar-refractivity contribution in [2.75, 3.05) is 0 Å². The molecular weight excluding hydrogens is 276 g/mol. The Morgan fingerprint density at radius 3 is 1.95 bits per heavy atom. The van der Waals surface area contributed by atoms with Gasteiger partial charge in [-0.2, -0.15) is 0 Å². The molecule has 0 aliphatic carbocycles. The van der Waals surface area contributed by atoms with Crippen LogP contribution >= 0.6 is 0 Å². The van der Waals surface area contributed by atoms with Gasteiger partial charge in [-0.3, -0.25) is 0 Å². The lowest BCUT2D eigenvalue weighted by Gasteiger charge is -2.13. The van der Waals surface area contributed by atoms with Crippen LogP contribution in [0.15, 0.2) is 72.8 Å². The van der Waals surface area contributed by atoms with Crippen molar-refractivity contribution in [1.82, 2.24) is 0 Å². The minimum absolute atomic E-state index is 0.0779. The third kappa shape index (κ3) is 2.44. The van der Waals surface area contributed by atoms with Gasteiger partial charge >= 0.3 is 5.97 Å². The van der Waals surface area contributed by atoms with Crippen molar-refractivity contribution in [2.45, 2.75) is 0 Å². The molecule has 0 saturated heterocycles. The molecule has 22 heavy (non-hydrogen) atoms. The normalized spacial score (nSPS) is 10.4. The highest BCUT2D eigenvalue weighted by atomic mass is 16.4. The van der Waals surface area contributed by atoms with E-state index >= 15 is 0 Å². The van der Waals surface area contributed by atoms with Crippen LogP contribution < -0.4 is 0 Å². The van der Waals surface area contributed by atoms with E-state index in [0.29, 0.717) is 5.56 Å². The molecule has 3 aromatic rings. The van der Waals surface area contributed by atoms with Gasteiger partial charge in [-0.15, -0.1) is 0 Å². The molecule has 0 atom stereocenters. The zero-order valence-corrected chi connectivity index (χ0v) is 11.7. The van der Waals surface area contributed by atoms with Gasteiger partial charge in [0.1, 0.15) is 11.3 Å². The first-order valence-electron chi connectivity index (χ1n) is 6.88. The van der Waals surface area contributed by atoms with Gasteiger partial charge in [0.25, 0.3) is 0 Å². The fourth-order valence-electron chi connectivity index (χ4n) is 2.58. The number of hydrogen-bond acceptors (Lipinski definition) is 2. The Bertz CT molecular complexity index is 823. The molecule has 0 aliphatic heterocycles. The predicted octanol–water partition coefficient (Wildman–Crippen LogP) is 4.42. The monoisotopic (exact) mass is 290 g/mol. The number of rotatable bonds is 3. The molecule has 2 N–H and O–H groups in total. The fraction of sp³-hybridized carbons (Fsp3) is 0. The second-order valence-corrected chi connectivity index (χ2v) is 4.92. The number of benzene rings is 3. The molecule has 0 saturated carbocycles. The molecule has 0 heterocycles. The maximum Gasteiger partial charge on any atom is 0.340 e. The predicted molar refractivity (Wildman–Crippen MR) is 85.9 cm³/mol. The Kier molecular flexibility index (Phi) is 3.62. The largest absolute Gasteiger partial charge is 0.507 e. The molecule has 3 nitrogen and oxygen atoms in total.